The van der Waals surface area contributed by atoms with E-state index in [0.29, 0.717) is 0 Å². The van der Waals surface area contributed by atoms with Gasteiger partial charge < -0.3 is 4.90 Å². The molecular formula is C42H35N. The first-order valence-corrected chi connectivity index (χ1v) is 14.8. The standard InChI is InChI=1S/C42H35N/c1-32-26-28-42(39-25-15-14-24-38(32)39)43(31-40(36-20-8-4-9-21-36)37-22-10-5-11-23-37)41-29-27-35(30-33(41)2)19-13-12-18-34-16-6-3-7-17-34/h3-31H,1-2H3. The van der Waals surface area contributed by atoms with Crippen molar-refractivity contribution in [1.82, 2.24) is 0 Å². The lowest BCUT2D eigenvalue weighted by atomic mass is 9.97. The molecule has 0 saturated heterocycles. The van der Waals surface area contributed by atoms with Gasteiger partial charge in [-0.25, -0.2) is 0 Å². The van der Waals surface area contributed by atoms with Crippen molar-refractivity contribution >= 4 is 39.9 Å². The van der Waals surface area contributed by atoms with Crippen LogP contribution in [0.4, 0.5) is 11.4 Å². The lowest BCUT2D eigenvalue weighted by molar-refractivity contribution is 1.25. The van der Waals surface area contributed by atoms with Gasteiger partial charge in [-0.1, -0.05) is 152 Å². The maximum atomic E-state index is 2.37. The van der Waals surface area contributed by atoms with Gasteiger partial charge in [0.25, 0.3) is 0 Å². The van der Waals surface area contributed by atoms with Crippen LogP contribution >= 0.6 is 0 Å². The number of nitrogens with zero attached hydrogens (tertiary/aromatic N) is 1. The first-order valence-electron chi connectivity index (χ1n) is 14.8. The van der Waals surface area contributed by atoms with Crippen molar-refractivity contribution in [1.29, 1.82) is 0 Å². The molecule has 0 aliphatic carbocycles. The molecule has 1 heteroatoms. The van der Waals surface area contributed by atoms with E-state index >= 15 is 0 Å². The fraction of sp³-hybridized carbons (Fsp3) is 0.0476. The van der Waals surface area contributed by atoms with Crippen molar-refractivity contribution in [2.45, 2.75) is 13.8 Å². The number of fused-ring (bicyclic) bond motifs is 1. The predicted molar refractivity (Wildman–Crippen MR) is 186 cm³/mol. The predicted octanol–water partition coefficient (Wildman–Crippen LogP) is 11.4. The molecule has 0 radical (unpaired) electrons. The number of benzene rings is 6. The summed E-state index contributed by atoms with van der Waals surface area (Å²) in [5.74, 6) is 0. The highest BCUT2D eigenvalue weighted by Crippen LogP contribution is 2.38. The Morgan fingerprint density at radius 1 is 0.465 bits per heavy atom. The van der Waals surface area contributed by atoms with Gasteiger partial charge in [-0.2, -0.15) is 0 Å². The monoisotopic (exact) mass is 553 g/mol. The SMILES string of the molecule is Cc1cc(C=CC=Cc2ccccc2)ccc1N(C=C(c1ccccc1)c1ccccc1)c1ccc(C)c2ccccc12. The Hall–Kier alpha value is -5.40. The third-order valence-electron chi connectivity index (χ3n) is 7.77. The van der Waals surface area contributed by atoms with Crippen molar-refractivity contribution < 1.29 is 0 Å². The summed E-state index contributed by atoms with van der Waals surface area (Å²) in [5, 5.41) is 2.50. The number of hydrogen-bond acceptors (Lipinski definition) is 1. The lowest BCUT2D eigenvalue weighted by Gasteiger charge is -2.27. The summed E-state index contributed by atoms with van der Waals surface area (Å²) in [6.07, 6.45) is 10.8. The molecule has 6 aromatic carbocycles. The Morgan fingerprint density at radius 3 is 1.63 bits per heavy atom. The van der Waals surface area contributed by atoms with Crippen LogP contribution in [0.1, 0.15) is 33.4 Å². The van der Waals surface area contributed by atoms with Crippen LogP contribution < -0.4 is 4.90 Å². The van der Waals surface area contributed by atoms with Crippen molar-refractivity contribution in [3.63, 3.8) is 0 Å². The molecular weight excluding hydrogens is 518 g/mol. The third-order valence-corrected chi connectivity index (χ3v) is 7.77. The topological polar surface area (TPSA) is 3.24 Å². The van der Waals surface area contributed by atoms with Crippen LogP contribution in [0.3, 0.4) is 0 Å². The lowest BCUT2D eigenvalue weighted by Crippen LogP contribution is -2.12. The molecule has 0 unspecified atom stereocenters. The van der Waals surface area contributed by atoms with E-state index in [-0.39, 0.29) is 0 Å². The highest BCUT2D eigenvalue weighted by molar-refractivity contribution is 6.00. The minimum atomic E-state index is 1.15. The van der Waals surface area contributed by atoms with E-state index in [9.17, 15) is 0 Å². The van der Waals surface area contributed by atoms with Crippen molar-refractivity contribution in [3.05, 3.63) is 197 Å². The van der Waals surface area contributed by atoms with Gasteiger partial charge in [0, 0.05) is 22.8 Å². The normalized spacial score (nSPS) is 11.3. The number of allylic oxidation sites excluding steroid dienone is 2. The molecule has 0 fully saturated rings. The maximum Gasteiger partial charge on any atom is 0.0534 e. The molecule has 1 nitrogen and oxygen atoms in total. The Labute approximate surface area is 255 Å². The first kappa shape index (κ1) is 27.8. The molecule has 43 heavy (non-hydrogen) atoms. The summed E-state index contributed by atoms with van der Waals surface area (Å²) < 4.78 is 0. The molecule has 0 bridgehead atoms. The molecule has 0 N–H and O–H groups in total. The minimum absolute atomic E-state index is 1.15. The molecule has 6 rings (SSSR count). The molecule has 0 spiro atoms. The molecule has 0 aromatic heterocycles. The minimum Gasteiger partial charge on any atom is -0.316 e. The molecule has 0 saturated carbocycles. The number of rotatable bonds is 8. The van der Waals surface area contributed by atoms with Gasteiger partial charge in [-0.05, 0) is 70.8 Å². The molecule has 0 heterocycles. The largest absolute Gasteiger partial charge is 0.316 e. The van der Waals surface area contributed by atoms with E-state index in [1.54, 1.807) is 0 Å². The molecule has 6 aromatic rings. The zero-order chi connectivity index (χ0) is 29.4. The van der Waals surface area contributed by atoms with E-state index in [2.05, 4.69) is 189 Å². The van der Waals surface area contributed by atoms with Crippen molar-refractivity contribution in [3.8, 4) is 0 Å². The number of hydrogen-bond donors (Lipinski definition) is 0. The summed E-state index contributed by atoms with van der Waals surface area (Å²) in [6, 6.07) is 51.6. The van der Waals surface area contributed by atoms with E-state index < -0.39 is 0 Å². The van der Waals surface area contributed by atoms with Gasteiger partial charge in [-0.15, -0.1) is 0 Å². The van der Waals surface area contributed by atoms with Crippen LogP contribution in [-0.2, 0) is 0 Å². The molecule has 0 aliphatic heterocycles. The molecule has 0 amide bonds. The van der Waals surface area contributed by atoms with Crippen LogP contribution in [0.2, 0.25) is 0 Å². The fourth-order valence-corrected chi connectivity index (χ4v) is 5.54. The average Bonchev–Trinajstić information content (AvgIpc) is 3.06. The van der Waals surface area contributed by atoms with Gasteiger partial charge >= 0.3 is 0 Å². The summed E-state index contributed by atoms with van der Waals surface area (Å²) in [6.45, 7) is 4.39. The number of anilines is 2. The zero-order valence-electron chi connectivity index (χ0n) is 24.7. The van der Waals surface area contributed by atoms with E-state index in [1.807, 2.05) is 6.07 Å². The smallest absolute Gasteiger partial charge is 0.0534 e. The van der Waals surface area contributed by atoms with Crippen molar-refractivity contribution in [2.24, 2.45) is 0 Å². The third kappa shape index (κ3) is 6.42. The summed E-state index contributed by atoms with van der Waals surface area (Å²) in [4.78, 5) is 2.37. The van der Waals surface area contributed by atoms with Gasteiger partial charge in [-0.3, -0.25) is 0 Å². The second-order valence-electron chi connectivity index (χ2n) is 10.8. The maximum absolute atomic E-state index is 2.37. The number of aryl methyl sites for hydroxylation is 2. The fourth-order valence-electron chi connectivity index (χ4n) is 5.54. The van der Waals surface area contributed by atoms with Gasteiger partial charge in [0.2, 0.25) is 0 Å². The van der Waals surface area contributed by atoms with Gasteiger partial charge in [0.15, 0.2) is 0 Å². The quantitative estimate of drug-likeness (QED) is 0.169. The summed E-state index contributed by atoms with van der Waals surface area (Å²) in [5.41, 5.74) is 10.7. The van der Waals surface area contributed by atoms with Crippen LogP contribution in [0.25, 0.3) is 28.5 Å². The second-order valence-corrected chi connectivity index (χ2v) is 10.8. The average molecular weight is 554 g/mol. The van der Waals surface area contributed by atoms with E-state index in [1.165, 1.54) is 49.7 Å². The molecule has 0 atom stereocenters. The Morgan fingerprint density at radius 2 is 1.00 bits per heavy atom. The van der Waals surface area contributed by atoms with Gasteiger partial charge in [0.05, 0.1) is 5.69 Å². The zero-order valence-corrected chi connectivity index (χ0v) is 24.7. The van der Waals surface area contributed by atoms with Crippen LogP contribution in [0, 0.1) is 13.8 Å². The van der Waals surface area contributed by atoms with Gasteiger partial charge in [0.1, 0.15) is 0 Å². The molecule has 0 aliphatic rings. The first-order chi connectivity index (χ1) is 21.2. The van der Waals surface area contributed by atoms with E-state index in [0.717, 1.165) is 11.4 Å². The van der Waals surface area contributed by atoms with E-state index in [4.69, 9.17) is 0 Å². The van der Waals surface area contributed by atoms with Crippen LogP contribution in [0.15, 0.2) is 164 Å². The Bertz CT molecular complexity index is 1870. The Balaban J connectivity index is 1.47. The highest BCUT2D eigenvalue weighted by atomic mass is 15.1. The Kier molecular flexibility index (Phi) is 8.43. The van der Waals surface area contributed by atoms with Crippen molar-refractivity contribution in [2.75, 3.05) is 4.90 Å². The molecule has 208 valence electrons. The summed E-state index contributed by atoms with van der Waals surface area (Å²) >= 11 is 0. The highest BCUT2D eigenvalue weighted by Gasteiger charge is 2.16. The second kappa shape index (κ2) is 13.1. The van der Waals surface area contributed by atoms with Crippen LogP contribution in [0.5, 0.6) is 0 Å². The van der Waals surface area contributed by atoms with Crippen LogP contribution in [-0.4, -0.2) is 0 Å². The summed E-state index contributed by atoms with van der Waals surface area (Å²) in [7, 11) is 0.